The van der Waals surface area contributed by atoms with Gasteiger partial charge in [0, 0.05) is 0 Å². The maximum Gasteiger partial charge on any atom is 0.264 e. The molecule has 2 N–H and O–H groups in total. The van der Waals surface area contributed by atoms with Gasteiger partial charge in [-0.15, -0.1) is 12.4 Å². The van der Waals surface area contributed by atoms with Crippen molar-refractivity contribution in [2.24, 2.45) is 5.73 Å². The summed E-state index contributed by atoms with van der Waals surface area (Å²) in [5.41, 5.74) is 7.08. The quantitative estimate of drug-likeness (QED) is 0.939. The molecule has 0 atom stereocenters. The predicted molar refractivity (Wildman–Crippen MR) is 81.4 cm³/mol. The number of aryl methyl sites for hydroxylation is 1. The van der Waals surface area contributed by atoms with Gasteiger partial charge in [0.2, 0.25) is 0 Å². The predicted octanol–water partition coefficient (Wildman–Crippen LogP) is 3.11. The highest BCUT2D eigenvalue weighted by molar-refractivity contribution is 5.85. The molecule has 2 aromatic rings. The first-order valence-electron chi connectivity index (χ1n) is 6.97. The summed E-state index contributed by atoms with van der Waals surface area (Å²) in [5, 5.41) is 4.01. The van der Waals surface area contributed by atoms with Crippen LogP contribution in [-0.4, -0.2) is 10.1 Å². The van der Waals surface area contributed by atoms with E-state index in [0.717, 1.165) is 31.4 Å². The molecule has 0 spiro atoms. The molecule has 0 saturated heterocycles. The average molecular weight is 310 g/mol. The molecule has 6 heteroatoms. The highest BCUT2D eigenvalue weighted by Gasteiger charge is 2.35. The van der Waals surface area contributed by atoms with Crippen LogP contribution in [0, 0.1) is 6.92 Å². The first-order valence-corrected chi connectivity index (χ1v) is 6.97. The molecule has 1 fully saturated rings. The second-order valence-corrected chi connectivity index (χ2v) is 5.48. The maximum absolute atomic E-state index is 6.29. The van der Waals surface area contributed by atoms with Crippen LogP contribution in [0.3, 0.4) is 0 Å². The number of benzene rings is 1. The fourth-order valence-corrected chi connectivity index (χ4v) is 2.52. The SMILES string of the molecule is Cc1ccc(OCc2nc(C3(N)CCCC3)no2)cc1.Cl. The summed E-state index contributed by atoms with van der Waals surface area (Å²) in [7, 11) is 0. The number of hydrogen-bond acceptors (Lipinski definition) is 5. The number of rotatable bonds is 4. The molecular weight excluding hydrogens is 290 g/mol. The molecule has 3 rings (SSSR count). The Hall–Kier alpha value is -1.59. The molecule has 1 heterocycles. The van der Waals surface area contributed by atoms with Crippen LogP contribution >= 0.6 is 12.4 Å². The van der Waals surface area contributed by atoms with Crippen molar-refractivity contribution >= 4 is 12.4 Å². The van der Waals surface area contributed by atoms with Gasteiger partial charge in [0.1, 0.15) is 5.75 Å². The van der Waals surface area contributed by atoms with Gasteiger partial charge in [0.05, 0.1) is 5.54 Å². The Bertz CT molecular complexity index is 577. The van der Waals surface area contributed by atoms with Gasteiger partial charge in [-0.3, -0.25) is 0 Å². The second kappa shape index (κ2) is 6.45. The third-order valence-corrected chi connectivity index (χ3v) is 3.79. The fourth-order valence-electron chi connectivity index (χ4n) is 2.52. The standard InChI is InChI=1S/C15H19N3O2.ClH/c1-11-4-6-12(7-5-11)19-10-13-17-14(18-20-13)15(16)8-2-3-9-15;/h4-7H,2-3,8-10,16H2,1H3;1H. The lowest BCUT2D eigenvalue weighted by atomic mass is 9.99. The molecule has 0 bridgehead atoms. The van der Waals surface area contributed by atoms with E-state index in [1.165, 1.54) is 5.56 Å². The zero-order chi connectivity index (χ0) is 14.0. The Morgan fingerprint density at radius 1 is 1.24 bits per heavy atom. The van der Waals surface area contributed by atoms with E-state index >= 15 is 0 Å². The number of ether oxygens (including phenoxy) is 1. The van der Waals surface area contributed by atoms with E-state index in [4.69, 9.17) is 15.0 Å². The van der Waals surface area contributed by atoms with E-state index < -0.39 is 5.54 Å². The highest BCUT2D eigenvalue weighted by Crippen LogP contribution is 2.34. The molecule has 0 aliphatic heterocycles. The largest absolute Gasteiger partial charge is 0.484 e. The monoisotopic (exact) mass is 309 g/mol. The molecule has 1 saturated carbocycles. The van der Waals surface area contributed by atoms with Crippen molar-refractivity contribution in [3.8, 4) is 5.75 Å². The van der Waals surface area contributed by atoms with Crippen molar-refractivity contribution < 1.29 is 9.26 Å². The number of aromatic nitrogens is 2. The van der Waals surface area contributed by atoms with Crippen molar-refractivity contribution in [3.63, 3.8) is 0 Å². The zero-order valence-corrected chi connectivity index (χ0v) is 12.9. The summed E-state index contributed by atoms with van der Waals surface area (Å²) in [4.78, 5) is 4.37. The first kappa shape index (κ1) is 15.8. The van der Waals surface area contributed by atoms with Crippen LogP contribution in [0.1, 0.15) is 43.0 Å². The Morgan fingerprint density at radius 2 is 1.90 bits per heavy atom. The minimum absolute atomic E-state index is 0. The molecule has 114 valence electrons. The molecule has 0 amide bonds. The van der Waals surface area contributed by atoms with Crippen LogP contribution in [-0.2, 0) is 12.1 Å². The van der Waals surface area contributed by atoms with Gasteiger partial charge in [0.15, 0.2) is 12.4 Å². The van der Waals surface area contributed by atoms with Crippen molar-refractivity contribution in [3.05, 3.63) is 41.5 Å². The van der Waals surface area contributed by atoms with Crippen LogP contribution in [0.5, 0.6) is 5.75 Å². The highest BCUT2D eigenvalue weighted by atomic mass is 35.5. The maximum atomic E-state index is 6.29. The Morgan fingerprint density at radius 3 is 2.57 bits per heavy atom. The van der Waals surface area contributed by atoms with Crippen molar-refractivity contribution in [2.45, 2.75) is 44.8 Å². The van der Waals surface area contributed by atoms with Gasteiger partial charge >= 0.3 is 0 Å². The van der Waals surface area contributed by atoms with E-state index in [9.17, 15) is 0 Å². The van der Waals surface area contributed by atoms with Gasteiger partial charge in [0.25, 0.3) is 5.89 Å². The molecular formula is C15H20ClN3O2. The number of halogens is 1. The Kier molecular flexibility index (Phi) is 4.85. The second-order valence-electron chi connectivity index (χ2n) is 5.48. The Labute approximate surface area is 130 Å². The summed E-state index contributed by atoms with van der Waals surface area (Å²) >= 11 is 0. The normalized spacial score (nSPS) is 16.5. The van der Waals surface area contributed by atoms with Crippen LogP contribution in [0.2, 0.25) is 0 Å². The minimum Gasteiger partial charge on any atom is -0.484 e. The first-order chi connectivity index (χ1) is 9.66. The number of nitrogens with two attached hydrogens (primary N) is 1. The van der Waals surface area contributed by atoms with Crippen molar-refractivity contribution in [1.82, 2.24) is 10.1 Å². The summed E-state index contributed by atoms with van der Waals surface area (Å²) < 4.78 is 10.8. The molecule has 5 nitrogen and oxygen atoms in total. The summed E-state index contributed by atoms with van der Waals surface area (Å²) in [6.45, 7) is 2.31. The molecule has 1 aromatic heterocycles. The summed E-state index contributed by atoms with van der Waals surface area (Å²) in [6, 6.07) is 7.85. The third kappa shape index (κ3) is 3.54. The van der Waals surface area contributed by atoms with E-state index in [2.05, 4.69) is 10.1 Å². The van der Waals surface area contributed by atoms with Crippen molar-refractivity contribution in [2.75, 3.05) is 0 Å². The van der Waals surface area contributed by atoms with Crippen LogP contribution in [0.15, 0.2) is 28.8 Å². The zero-order valence-electron chi connectivity index (χ0n) is 12.0. The van der Waals surface area contributed by atoms with Gasteiger partial charge in [-0.25, -0.2) is 0 Å². The number of nitrogens with zero attached hydrogens (tertiary/aromatic N) is 2. The molecule has 1 aliphatic carbocycles. The van der Waals surface area contributed by atoms with E-state index in [1.807, 2.05) is 31.2 Å². The van der Waals surface area contributed by atoms with E-state index in [-0.39, 0.29) is 19.0 Å². The average Bonchev–Trinajstić information content (AvgIpc) is 3.08. The van der Waals surface area contributed by atoms with E-state index in [1.54, 1.807) is 0 Å². The van der Waals surface area contributed by atoms with Crippen LogP contribution in [0.4, 0.5) is 0 Å². The molecule has 21 heavy (non-hydrogen) atoms. The topological polar surface area (TPSA) is 74.2 Å². The van der Waals surface area contributed by atoms with Gasteiger partial charge < -0.3 is 15.0 Å². The van der Waals surface area contributed by atoms with Crippen LogP contribution in [0.25, 0.3) is 0 Å². The lowest BCUT2D eigenvalue weighted by Gasteiger charge is -2.17. The third-order valence-electron chi connectivity index (χ3n) is 3.79. The summed E-state index contributed by atoms with van der Waals surface area (Å²) in [6.07, 6.45) is 4.09. The molecule has 0 unspecified atom stereocenters. The van der Waals surface area contributed by atoms with Crippen molar-refractivity contribution in [1.29, 1.82) is 0 Å². The summed E-state index contributed by atoms with van der Waals surface area (Å²) in [5.74, 6) is 1.87. The molecule has 1 aromatic carbocycles. The lowest BCUT2D eigenvalue weighted by molar-refractivity contribution is 0.241. The number of hydrogen-bond donors (Lipinski definition) is 1. The Balaban J connectivity index is 0.00000161. The van der Waals surface area contributed by atoms with Gasteiger partial charge in [-0.1, -0.05) is 35.7 Å². The van der Waals surface area contributed by atoms with Gasteiger partial charge in [-0.05, 0) is 31.9 Å². The van der Waals surface area contributed by atoms with Crippen LogP contribution < -0.4 is 10.5 Å². The van der Waals surface area contributed by atoms with E-state index in [0.29, 0.717) is 11.7 Å². The minimum atomic E-state index is -0.411. The molecule has 0 radical (unpaired) electrons. The smallest absolute Gasteiger partial charge is 0.264 e. The lowest BCUT2D eigenvalue weighted by Crippen LogP contribution is -2.34. The molecule has 1 aliphatic rings. The fraction of sp³-hybridized carbons (Fsp3) is 0.467. The van der Waals surface area contributed by atoms with Gasteiger partial charge in [-0.2, -0.15) is 4.98 Å².